The van der Waals surface area contributed by atoms with Crippen LogP contribution in [0, 0.1) is 0 Å². The Labute approximate surface area is 99.2 Å². The van der Waals surface area contributed by atoms with Gasteiger partial charge in [0.15, 0.2) is 0 Å². The zero-order chi connectivity index (χ0) is 11.7. The summed E-state index contributed by atoms with van der Waals surface area (Å²) in [6, 6.07) is 17.7. The van der Waals surface area contributed by atoms with Gasteiger partial charge < -0.3 is 5.11 Å². The van der Waals surface area contributed by atoms with E-state index in [4.69, 9.17) is 0 Å². The number of rotatable bonds is 1. The van der Waals surface area contributed by atoms with Crippen molar-refractivity contribution in [3.63, 3.8) is 0 Å². The Morgan fingerprint density at radius 1 is 0.824 bits per heavy atom. The van der Waals surface area contributed by atoms with Crippen LogP contribution >= 0.6 is 0 Å². The van der Waals surface area contributed by atoms with E-state index in [-0.39, 0.29) is 5.75 Å². The van der Waals surface area contributed by atoms with Crippen LogP contribution in [0.4, 0.5) is 0 Å². The molecule has 0 saturated carbocycles. The third-order valence-corrected chi connectivity index (χ3v) is 2.82. The van der Waals surface area contributed by atoms with Crippen LogP contribution in [0.1, 0.15) is 0 Å². The van der Waals surface area contributed by atoms with Crippen molar-refractivity contribution in [3.05, 3.63) is 60.8 Å². The number of para-hydroxylation sites is 1. The van der Waals surface area contributed by atoms with Crippen LogP contribution in [-0.2, 0) is 0 Å². The average molecular weight is 221 g/mol. The second-order valence-electron chi connectivity index (χ2n) is 3.90. The Bertz CT molecular complexity index is 662. The van der Waals surface area contributed by atoms with Crippen molar-refractivity contribution < 1.29 is 5.11 Å². The van der Waals surface area contributed by atoms with E-state index in [1.165, 1.54) is 6.20 Å². The molecule has 0 radical (unpaired) electrons. The molecule has 82 valence electrons. The van der Waals surface area contributed by atoms with Crippen LogP contribution in [-0.4, -0.2) is 10.1 Å². The molecule has 0 amide bonds. The molecule has 0 aliphatic carbocycles. The lowest BCUT2D eigenvalue weighted by atomic mass is 10.0. The normalized spacial score (nSPS) is 10.6. The SMILES string of the molecule is Oc1cnc2ccccc2c1-c1ccccc1. The Morgan fingerprint density at radius 3 is 2.35 bits per heavy atom. The number of nitrogens with zero attached hydrogens (tertiary/aromatic N) is 1. The number of hydrogen-bond donors (Lipinski definition) is 1. The fourth-order valence-corrected chi connectivity index (χ4v) is 2.04. The van der Waals surface area contributed by atoms with Gasteiger partial charge in [0.2, 0.25) is 0 Å². The average Bonchev–Trinajstić information content (AvgIpc) is 2.39. The first-order valence-electron chi connectivity index (χ1n) is 5.48. The summed E-state index contributed by atoms with van der Waals surface area (Å²) in [6.45, 7) is 0. The molecule has 0 atom stereocenters. The summed E-state index contributed by atoms with van der Waals surface area (Å²) in [5, 5.41) is 11.0. The van der Waals surface area contributed by atoms with E-state index in [2.05, 4.69) is 4.98 Å². The molecule has 17 heavy (non-hydrogen) atoms. The van der Waals surface area contributed by atoms with Crippen LogP contribution in [0.15, 0.2) is 60.8 Å². The Balaban J connectivity index is 2.39. The van der Waals surface area contributed by atoms with Crippen LogP contribution in [0.3, 0.4) is 0 Å². The third kappa shape index (κ3) is 1.64. The first-order chi connectivity index (χ1) is 8.36. The molecule has 0 saturated heterocycles. The fourth-order valence-electron chi connectivity index (χ4n) is 2.04. The quantitative estimate of drug-likeness (QED) is 0.681. The van der Waals surface area contributed by atoms with Gasteiger partial charge in [-0.2, -0.15) is 0 Å². The minimum Gasteiger partial charge on any atom is -0.506 e. The summed E-state index contributed by atoms with van der Waals surface area (Å²) in [7, 11) is 0. The number of hydrogen-bond acceptors (Lipinski definition) is 2. The number of benzene rings is 2. The molecule has 0 aliphatic heterocycles. The number of fused-ring (bicyclic) bond motifs is 1. The lowest BCUT2D eigenvalue weighted by Crippen LogP contribution is -1.85. The molecule has 0 unspecified atom stereocenters. The van der Waals surface area contributed by atoms with Gasteiger partial charge in [0, 0.05) is 10.9 Å². The highest BCUT2D eigenvalue weighted by molar-refractivity contribution is 5.97. The highest BCUT2D eigenvalue weighted by Crippen LogP contribution is 2.34. The lowest BCUT2D eigenvalue weighted by molar-refractivity contribution is 0.476. The molecule has 1 heterocycles. The summed E-state index contributed by atoms with van der Waals surface area (Å²) in [6.07, 6.45) is 1.50. The number of aromatic nitrogens is 1. The second-order valence-corrected chi connectivity index (χ2v) is 3.90. The van der Waals surface area contributed by atoms with Crippen molar-refractivity contribution in [2.45, 2.75) is 0 Å². The van der Waals surface area contributed by atoms with E-state index in [0.717, 1.165) is 22.0 Å². The van der Waals surface area contributed by atoms with Gasteiger partial charge in [-0.05, 0) is 11.6 Å². The molecular formula is C15H11NO. The van der Waals surface area contributed by atoms with Gasteiger partial charge in [0.05, 0.1) is 11.7 Å². The summed E-state index contributed by atoms with van der Waals surface area (Å²) in [5.41, 5.74) is 2.74. The fraction of sp³-hybridized carbons (Fsp3) is 0. The predicted molar refractivity (Wildman–Crippen MR) is 68.8 cm³/mol. The van der Waals surface area contributed by atoms with E-state index >= 15 is 0 Å². The Hall–Kier alpha value is -2.35. The summed E-state index contributed by atoms with van der Waals surface area (Å²) in [4.78, 5) is 4.22. The molecule has 0 aliphatic rings. The molecule has 0 spiro atoms. The number of pyridine rings is 1. The van der Waals surface area contributed by atoms with Gasteiger partial charge in [-0.25, -0.2) is 0 Å². The van der Waals surface area contributed by atoms with Crippen LogP contribution in [0.2, 0.25) is 0 Å². The van der Waals surface area contributed by atoms with Crippen molar-refractivity contribution in [1.82, 2.24) is 4.98 Å². The zero-order valence-electron chi connectivity index (χ0n) is 9.17. The van der Waals surface area contributed by atoms with E-state index in [9.17, 15) is 5.11 Å². The zero-order valence-corrected chi connectivity index (χ0v) is 9.17. The van der Waals surface area contributed by atoms with Crippen molar-refractivity contribution in [2.24, 2.45) is 0 Å². The van der Waals surface area contributed by atoms with Crippen molar-refractivity contribution >= 4 is 10.9 Å². The van der Waals surface area contributed by atoms with Gasteiger partial charge in [0.25, 0.3) is 0 Å². The molecule has 2 nitrogen and oxygen atoms in total. The van der Waals surface area contributed by atoms with Gasteiger partial charge in [0.1, 0.15) is 5.75 Å². The Kier molecular flexibility index (Phi) is 2.26. The van der Waals surface area contributed by atoms with Gasteiger partial charge in [-0.1, -0.05) is 48.5 Å². The van der Waals surface area contributed by atoms with Crippen LogP contribution in [0.5, 0.6) is 5.75 Å². The van der Waals surface area contributed by atoms with Crippen LogP contribution < -0.4 is 0 Å². The predicted octanol–water partition coefficient (Wildman–Crippen LogP) is 3.61. The first kappa shape index (κ1) is 9.85. The van der Waals surface area contributed by atoms with Crippen molar-refractivity contribution in [1.29, 1.82) is 0 Å². The van der Waals surface area contributed by atoms with E-state index < -0.39 is 0 Å². The monoisotopic (exact) mass is 221 g/mol. The van der Waals surface area contributed by atoms with E-state index in [1.54, 1.807) is 0 Å². The minimum absolute atomic E-state index is 0.218. The van der Waals surface area contributed by atoms with Crippen LogP contribution in [0.25, 0.3) is 22.0 Å². The van der Waals surface area contributed by atoms with Crippen molar-refractivity contribution in [3.8, 4) is 16.9 Å². The third-order valence-electron chi connectivity index (χ3n) is 2.82. The second kappa shape index (κ2) is 3.91. The van der Waals surface area contributed by atoms with Gasteiger partial charge in [-0.3, -0.25) is 4.98 Å². The summed E-state index contributed by atoms with van der Waals surface area (Å²) in [5.74, 6) is 0.218. The van der Waals surface area contributed by atoms with E-state index in [1.807, 2.05) is 54.6 Å². The maximum atomic E-state index is 10.00. The topological polar surface area (TPSA) is 33.1 Å². The molecule has 3 rings (SSSR count). The molecule has 1 aromatic heterocycles. The molecule has 3 aromatic rings. The van der Waals surface area contributed by atoms with Gasteiger partial charge >= 0.3 is 0 Å². The molecule has 0 fully saturated rings. The van der Waals surface area contributed by atoms with E-state index in [0.29, 0.717) is 0 Å². The molecule has 2 heteroatoms. The molecular weight excluding hydrogens is 210 g/mol. The largest absolute Gasteiger partial charge is 0.506 e. The maximum absolute atomic E-state index is 10.00. The molecule has 0 bridgehead atoms. The first-order valence-corrected chi connectivity index (χ1v) is 5.48. The highest BCUT2D eigenvalue weighted by Gasteiger charge is 2.09. The Morgan fingerprint density at radius 2 is 1.53 bits per heavy atom. The lowest BCUT2D eigenvalue weighted by Gasteiger charge is -2.08. The molecule has 1 N–H and O–H groups in total. The smallest absolute Gasteiger partial charge is 0.142 e. The van der Waals surface area contributed by atoms with Gasteiger partial charge in [-0.15, -0.1) is 0 Å². The summed E-state index contributed by atoms with van der Waals surface area (Å²) < 4.78 is 0. The minimum atomic E-state index is 0.218. The van der Waals surface area contributed by atoms with Crippen molar-refractivity contribution in [2.75, 3.05) is 0 Å². The standard InChI is InChI=1S/C15H11NO/c17-14-10-16-13-9-5-4-8-12(13)15(14)11-6-2-1-3-7-11/h1-10,17H. The number of aromatic hydroxyl groups is 1. The maximum Gasteiger partial charge on any atom is 0.142 e. The molecule has 2 aromatic carbocycles. The highest BCUT2D eigenvalue weighted by atomic mass is 16.3. The summed E-state index contributed by atoms with van der Waals surface area (Å²) >= 11 is 0.